The van der Waals surface area contributed by atoms with E-state index < -0.39 is 11.6 Å². The van der Waals surface area contributed by atoms with Crippen LogP contribution in [0.2, 0.25) is 0 Å². The SMILES string of the molecule is CC(C)[C@H](N)c1ncc(-c2ccc(F)c(F)c2)[nH]1. The number of benzene rings is 1. The molecule has 18 heavy (non-hydrogen) atoms. The molecule has 2 aromatic rings. The lowest BCUT2D eigenvalue weighted by Gasteiger charge is -2.12. The van der Waals surface area contributed by atoms with E-state index in [1.54, 1.807) is 6.20 Å². The molecule has 0 amide bonds. The highest BCUT2D eigenvalue weighted by atomic mass is 19.2. The predicted octanol–water partition coefficient (Wildman–Crippen LogP) is 3.01. The van der Waals surface area contributed by atoms with Gasteiger partial charge >= 0.3 is 0 Å². The first-order chi connectivity index (χ1) is 8.49. The van der Waals surface area contributed by atoms with Crippen molar-refractivity contribution in [3.05, 3.63) is 41.9 Å². The molecule has 3 nitrogen and oxygen atoms in total. The summed E-state index contributed by atoms with van der Waals surface area (Å²) >= 11 is 0. The molecule has 0 aliphatic rings. The van der Waals surface area contributed by atoms with Crippen molar-refractivity contribution in [2.24, 2.45) is 11.7 Å². The maximum atomic E-state index is 13.1. The van der Waals surface area contributed by atoms with E-state index in [4.69, 9.17) is 5.73 Å². The zero-order valence-corrected chi connectivity index (χ0v) is 10.2. The Morgan fingerprint density at radius 3 is 2.56 bits per heavy atom. The van der Waals surface area contributed by atoms with E-state index in [0.717, 1.165) is 12.1 Å². The van der Waals surface area contributed by atoms with Gasteiger partial charge in [-0.3, -0.25) is 0 Å². The number of hydrogen-bond acceptors (Lipinski definition) is 2. The molecule has 0 saturated heterocycles. The number of nitrogens with zero attached hydrogens (tertiary/aromatic N) is 1. The molecule has 3 N–H and O–H groups in total. The third-order valence-electron chi connectivity index (χ3n) is 2.86. The monoisotopic (exact) mass is 251 g/mol. The Labute approximate surface area is 104 Å². The van der Waals surface area contributed by atoms with Gasteiger partial charge in [0, 0.05) is 5.56 Å². The molecule has 96 valence electrons. The van der Waals surface area contributed by atoms with Crippen molar-refractivity contribution in [1.29, 1.82) is 0 Å². The van der Waals surface area contributed by atoms with Crippen LogP contribution >= 0.6 is 0 Å². The molecule has 0 aliphatic carbocycles. The van der Waals surface area contributed by atoms with E-state index in [-0.39, 0.29) is 12.0 Å². The summed E-state index contributed by atoms with van der Waals surface area (Å²) in [6.07, 6.45) is 1.57. The van der Waals surface area contributed by atoms with E-state index in [2.05, 4.69) is 9.97 Å². The second kappa shape index (κ2) is 4.86. The number of nitrogens with two attached hydrogens (primary N) is 1. The van der Waals surface area contributed by atoms with Crippen LogP contribution in [0, 0.1) is 17.6 Å². The number of hydrogen-bond donors (Lipinski definition) is 2. The van der Waals surface area contributed by atoms with Crippen LogP contribution < -0.4 is 5.73 Å². The Hall–Kier alpha value is -1.75. The Kier molecular flexibility index (Phi) is 3.43. The molecular formula is C13H15F2N3. The summed E-state index contributed by atoms with van der Waals surface area (Å²) in [5.74, 6) is -0.854. The third-order valence-corrected chi connectivity index (χ3v) is 2.86. The summed E-state index contributed by atoms with van der Waals surface area (Å²) in [7, 11) is 0. The fourth-order valence-corrected chi connectivity index (χ4v) is 1.63. The number of H-pyrrole nitrogens is 1. The van der Waals surface area contributed by atoms with Crippen molar-refractivity contribution in [3.8, 4) is 11.3 Å². The summed E-state index contributed by atoms with van der Waals surface area (Å²) in [5, 5.41) is 0. The van der Waals surface area contributed by atoms with E-state index in [1.807, 2.05) is 13.8 Å². The summed E-state index contributed by atoms with van der Waals surface area (Å²) in [5.41, 5.74) is 7.13. The van der Waals surface area contributed by atoms with Crippen LogP contribution in [0.25, 0.3) is 11.3 Å². The smallest absolute Gasteiger partial charge is 0.159 e. The van der Waals surface area contributed by atoms with Gasteiger partial charge in [-0.15, -0.1) is 0 Å². The molecule has 0 radical (unpaired) electrons. The first-order valence-corrected chi connectivity index (χ1v) is 5.75. The number of nitrogens with one attached hydrogen (secondary N) is 1. The fraction of sp³-hybridized carbons (Fsp3) is 0.308. The van der Waals surface area contributed by atoms with Gasteiger partial charge in [0.15, 0.2) is 11.6 Å². The molecule has 5 heteroatoms. The van der Waals surface area contributed by atoms with Gasteiger partial charge in [-0.2, -0.15) is 0 Å². The van der Waals surface area contributed by atoms with Crippen LogP contribution in [-0.2, 0) is 0 Å². The minimum absolute atomic E-state index is 0.205. The lowest BCUT2D eigenvalue weighted by atomic mass is 10.1. The molecular weight excluding hydrogens is 236 g/mol. The highest BCUT2D eigenvalue weighted by Crippen LogP contribution is 2.22. The normalized spacial score (nSPS) is 13.0. The molecule has 2 rings (SSSR count). The van der Waals surface area contributed by atoms with Gasteiger partial charge < -0.3 is 10.7 Å². The largest absolute Gasteiger partial charge is 0.341 e. The number of aromatic nitrogens is 2. The Morgan fingerprint density at radius 1 is 1.22 bits per heavy atom. The average molecular weight is 251 g/mol. The molecule has 1 heterocycles. The lowest BCUT2D eigenvalue weighted by Crippen LogP contribution is -2.18. The first kappa shape index (κ1) is 12.7. The van der Waals surface area contributed by atoms with Crippen LogP contribution in [0.4, 0.5) is 8.78 Å². The predicted molar refractivity (Wildman–Crippen MR) is 65.7 cm³/mol. The van der Waals surface area contributed by atoms with E-state index >= 15 is 0 Å². The summed E-state index contributed by atoms with van der Waals surface area (Å²) < 4.78 is 26.0. The maximum absolute atomic E-state index is 13.1. The van der Waals surface area contributed by atoms with Crippen molar-refractivity contribution in [3.63, 3.8) is 0 Å². The maximum Gasteiger partial charge on any atom is 0.159 e. The Bertz CT molecular complexity index is 549. The second-order valence-corrected chi connectivity index (χ2v) is 4.58. The quantitative estimate of drug-likeness (QED) is 0.881. The highest BCUT2D eigenvalue weighted by molar-refractivity contribution is 5.58. The standard InChI is InChI=1S/C13H15F2N3/c1-7(2)12(16)13-17-6-11(18-13)8-3-4-9(14)10(15)5-8/h3-7,12H,16H2,1-2H3,(H,17,18)/t12-/m0/s1. The van der Waals surface area contributed by atoms with Crippen molar-refractivity contribution >= 4 is 0 Å². The van der Waals surface area contributed by atoms with Crippen LogP contribution in [-0.4, -0.2) is 9.97 Å². The van der Waals surface area contributed by atoms with E-state index in [9.17, 15) is 8.78 Å². The van der Waals surface area contributed by atoms with Crippen molar-refractivity contribution in [2.45, 2.75) is 19.9 Å². The molecule has 0 fully saturated rings. The first-order valence-electron chi connectivity index (χ1n) is 5.75. The molecule has 0 aliphatic heterocycles. The molecule has 1 atom stereocenters. The molecule has 1 aromatic carbocycles. The van der Waals surface area contributed by atoms with Crippen molar-refractivity contribution < 1.29 is 8.78 Å². The summed E-state index contributed by atoms with van der Waals surface area (Å²) in [6, 6.07) is 3.52. The number of halogens is 2. The van der Waals surface area contributed by atoms with E-state index in [0.29, 0.717) is 17.1 Å². The Morgan fingerprint density at radius 2 is 1.94 bits per heavy atom. The van der Waals surface area contributed by atoms with Crippen LogP contribution in [0.1, 0.15) is 25.7 Å². The lowest BCUT2D eigenvalue weighted by molar-refractivity contribution is 0.494. The molecule has 0 spiro atoms. The average Bonchev–Trinajstić information content (AvgIpc) is 2.81. The zero-order chi connectivity index (χ0) is 13.3. The zero-order valence-electron chi connectivity index (χ0n) is 10.2. The molecule has 0 saturated carbocycles. The van der Waals surface area contributed by atoms with Gasteiger partial charge in [-0.05, 0) is 24.1 Å². The minimum Gasteiger partial charge on any atom is -0.341 e. The Balaban J connectivity index is 2.32. The van der Waals surface area contributed by atoms with Crippen LogP contribution in [0.15, 0.2) is 24.4 Å². The highest BCUT2D eigenvalue weighted by Gasteiger charge is 2.15. The van der Waals surface area contributed by atoms with Crippen LogP contribution in [0.3, 0.4) is 0 Å². The van der Waals surface area contributed by atoms with Gasteiger partial charge in [0.2, 0.25) is 0 Å². The van der Waals surface area contributed by atoms with Crippen molar-refractivity contribution in [2.75, 3.05) is 0 Å². The van der Waals surface area contributed by atoms with Crippen LogP contribution in [0.5, 0.6) is 0 Å². The van der Waals surface area contributed by atoms with Gasteiger partial charge in [0.1, 0.15) is 5.82 Å². The van der Waals surface area contributed by atoms with Crippen molar-refractivity contribution in [1.82, 2.24) is 9.97 Å². The molecule has 1 aromatic heterocycles. The van der Waals surface area contributed by atoms with E-state index in [1.165, 1.54) is 6.07 Å². The van der Waals surface area contributed by atoms with Gasteiger partial charge in [-0.25, -0.2) is 13.8 Å². The number of aromatic amines is 1. The van der Waals surface area contributed by atoms with Gasteiger partial charge in [0.05, 0.1) is 17.9 Å². The molecule has 0 bridgehead atoms. The number of imidazole rings is 1. The molecule has 0 unspecified atom stereocenters. The topological polar surface area (TPSA) is 54.7 Å². The third kappa shape index (κ3) is 2.41. The summed E-state index contributed by atoms with van der Waals surface area (Å²) in [6.45, 7) is 3.98. The second-order valence-electron chi connectivity index (χ2n) is 4.58. The number of rotatable bonds is 3. The fourth-order valence-electron chi connectivity index (χ4n) is 1.63. The van der Waals surface area contributed by atoms with Gasteiger partial charge in [0.25, 0.3) is 0 Å². The summed E-state index contributed by atoms with van der Waals surface area (Å²) in [4.78, 5) is 7.20. The van der Waals surface area contributed by atoms with Gasteiger partial charge in [-0.1, -0.05) is 13.8 Å². The minimum atomic E-state index is -0.878.